The van der Waals surface area contributed by atoms with Crippen LogP contribution in [0.25, 0.3) is 11.0 Å². The summed E-state index contributed by atoms with van der Waals surface area (Å²) in [6.07, 6.45) is 0. The SMILES string of the molecule is Cc1ccc2c(C)c(C(C)N)oc2c1C. The molecule has 0 aliphatic rings. The summed E-state index contributed by atoms with van der Waals surface area (Å²) < 4.78 is 5.85. The number of hydrogen-bond acceptors (Lipinski definition) is 2. The van der Waals surface area contributed by atoms with Gasteiger partial charge < -0.3 is 10.2 Å². The Bertz CT molecular complexity index is 509. The monoisotopic (exact) mass is 203 g/mol. The molecule has 2 aromatic rings. The highest BCUT2D eigenvalue weighted by atomic mass is 16.3. The lowest BCUT2D eigenvalue weighted by Crippen LogP contribution is -2.04. The second-order valence-corrected chi connectivity index (χ2v) is 4.26. The van der Waals surface area contributed by atoms with Gasteiger partial charge in [0.1, 0.15) is 11.3 Å². The lowest BCUT2D eigenvalue weighted by molar-refractivity contribution is 0.507. The van der Waals surface area contributed by atoms with Crippen LogP contribution in [0, 0.1) is 20.8 Å². The molecule has 2 N–H and O–H groups in total. The number of benzene rings is 1. The third-order valence-electron chi connectivity index (χ3n) is 3.08. The van der Waals surface area contributed by atoms with Crippen LogP contribution in [0.5, 0.6) is 0 Å². The molecule has 15 heavy (non-hydrogen) atoms. The van der Waals surface area contributed by atoms with E-state index in [2.05, 4.69) is 32.9 Å². The Morgan fingerprint density at radius 3 is 2.40 bits per heavy atom. The fraction of sp³-hybridized carbons (Fsp3) is 0.385. The molecule has 2 nitrogen and oxygen atoms in total. The molecule has 0 amide bonds. The van der Waals surface area contributed by atoms with Crippen molar-refractivity contribution in [2.45, 2.75) is 33.7 Å². The fourth-order valence-electron chi connectivity index (χ4n) is 1.97. The Labute approximate surface area is 90.1 Å². The molecule has 1 heterocycles. The smallest absolute Gasteiger partial charge is 0.137 e. The van der Waals surface area contributed by atoms with Gasteiger partial charge in [-0.3, -0.25) is 0 Å². The minimum absolute atomic E-state index is 0.0443. The summed E-state index contributed by atoms with van der Waals surface area (Å²) in [7, 11) is 0. The van der Waals surface area contributed by atoms with Gasteiger partial charge in [0.15, 0.2) is 0 Å². The first kappa shape index (κ1) is 10.2. The molecule has 2 heteroatoms. The van der Waals surface area contributed by atoms with E-state index in [1.807, 2.05) is 6.92 Å². The average molecular weight is 203 g/mol. The largest absolute Gasteiger partial charge is 0.459 e. The van der Waals surface area contributed by atoms with Gasteiger partial charge in [0, 0.05) is 5.39 Å². The Kier molecular flexibility index (Phi) is 2.31. The molecule has 0 fully saturated rings. The first-order valence-electron chi connectivity index (χ1n) is 5.27. The summed E-state index contributed by atoms with van der Waals surface area (Å²) in [4.78, 5) is 0. The van der Waals surface area contributed by atoms with E-state index in [0.717, 1.165) is 11.3 Å². The molecule has 0 aliphatic heterocycles. The van der Waals surface area contributed by atoms with E-state index in [4.69, 9.17) is 10.2 Å². The van der Waals surface area contributed by atoms with Gasteiger partial charge in [0.2, 0.25) is 0 Å². The Hall–Kier alpha value is -1.28. The van der Waals surface area contributed by atoms with Crippen molar-refractivity contribution < 1.29 is 4.42 Å². The van der Waals surface area contributed by atoms with Gasteiger partial charge >= 0.3 is 0 Å². The maximum atomic E-state index is 5.87. The lowest BCUT2D eigenvalue weighted by Gasteiger charge is -2.00. The van der Waals surface area contributed by atoms with Crippen LogP contribution in [0.1, 0.15) is 35.4 Å². The van der Waals surface area contributed by atoms with Gasteiger partial charge in [-0.05, 0) is 44.4 Å². The summed E-state index contributed by atoms with van der Waals surface area (Å²) in [5.74, 6) is 0.902. The number of hydrogen-bond donors (Lipinski definition) is 1. The highest BCUT2D eigenvalue weighted by Gasteiger charge is 2.15. The molecule has 0 saturated carbocycles. The third kappa shape index (κ3) is 1.45. The van der Waals surface area contributed by atoms with E-state index in [1.54, 1.807) is 0 Å². The zero-order valence-corrected chi connectivity index (χ0v) is 9.72. The summed E-state index contributed by atoms with van der Waals surface area (Å²) in [6.45, 7) is 8.20. The van der Waals surface area contributed by atoms with Gasteiger partial charge in [-0.2, -0.15) is 0 Å². The maximum absolute atomic E-state index is 5.87. The molecule has 0 radical (unpaired) electrons. The fourth-order valence-corrected chi connectivity index (χ4v) is 1.97. The van der Waals surface area contributed by atoms with Crippen molar-refractivity contribution >= 4 is 11.0 Å². The van der Waals surface area contributed by atoms with Crippen molar-refractivity contribution in [3.05, 3.63) is 34.6 Å². The first-order chi connectivity index (χ1) is 7.02. The van der Waals surface area contributed by atoms with Crippen LogP contribution in [-0.4, -0.2) is 0 Å². The van der Waals surface area contributed by atoms with Crippen LogP contribution in [0.15, 0.2) is 16.5 Å². The molecule has 1 unspecified atom stereocenters. The van der Waals surface area contributed by atoms with Crippen molar-refractivity contribution in [2.24, 2.45) is 5.73 Å². The first-order valence-corrected chi connectivity index (χ1v) is 5.27. The summed E-state index contributed by atoms with van der Waals surface area (Å²) in [5.41, 5.74) is 10.5. The zero-order valence-electron chi connectivity index (χ0n) is 9.72. The van der Waals surface area contributed by atoms with E-state index in [-0.39, 0.29) is 6.04 Å². The normalized spacial score (nSPS) is 13.4. The average Bonchev–Trinajstić information content (AvgIpc) is 2.51. The van der Waals surface area contributed by atoms with Crippen LogP contribution in [0.2, 0.25) is 0 Å². The highest BCUT2D eigenvalue weighted by Crippen LogP contribution is 2.31. The van der Waals surface area contributed by atoms with Gasteiger partial charge in [-0.25, -0.2) is 0 Å². The van der Waals surface area contributed by atoms with E-state index < -0.39 is 0 Å². The minimum Gasteiger partial charge on any atom is -0.459 e. The van der Waals surface area contributed by atoms with Crippen LogP contribution in [0.4, 0.5) is 0 Å². The number of rotatable bonds is 1. The molecular formula is C13H17NO. The number of nitrogens with two attached hydrogens (primary N) is 1. The van der Waals surface area contributed by atoms with E-state index in [0.29, 0.717) is 0 Å². The predicted molar refractivity (Wildman–Crippen MR) is 63.0 cm³/mol. The van der Waals surface area contributed by atoms with Crippen LogP contribution in [0.3, 0.4) is 0 Å². The predicted octanol–water partition coefficient (Wildman–Crippen LogP) is 3.38. The highest BCUT2D eigenvalue weighted by molar-refractivity contribution is 5.85. The second-order valence-electron chi connectivity index (χ2n) is 4.26. The van der Waals surface area contributed by atoms with E-state index >= 15 is 0 Å². The maximum Gasteiger partial charge on any atom is 0.137 e. The van der Waals surface area contributed by atoms with Crippen molar-refractivity contribution in [2.75, 3.05) is 0 Å². The van der Waals surface area contributed by atoms with Crippen molar-refractivity contribution in [3.8, 4) is 0 Å². The minimum atomic E-state index is -0.0443. The van der Waals surface area contributed by atoms with Crippen molar-refractivity contribution in [3.63, 3.8) is 0 Å². The molecule has 1 aromatic carbocycles. The van der Waals surface area contributed by atoms with Crippen LogP contribution < -0.4 is 5.73 Å². The van der Waals surface area contributed by atoms with Gasteiger partial charge in [-0.1, -0.05) is 12.1 Å². The molecule has 0 aliphatic carbocycles. The van der Waals surface area contributed by atoms with Gasteiger partial charge in [0.25, 0.3) is 0 Å². The van der Waals surface area contributed by atoms with Crippen molar-refractivity contribution in [1.29, 1.82) is 0 Å². The number of furan rings is 1. The quantitative estimate of drug-likeness (QED) is 0.771. The summed E-state index contributed by atoms with van der Waals surface area (Å²) in [6, 6.07) is 4.20. The Morgan fingerprint density at radius 2 is 1.80 bits per heavy atom. The summed E-state index contributed by atoms with van der Waals surface area (Å²) in [5, 5.41) is 1.19. The molecule has 1 atom stereocenters. The Balaban J connectivity index is 2.82. The topological polar surface area (TPSA) is 39.2 Å². The molecule has 0 bridgehead atoms. The standard InChI is InChI=1S/C13H17NO/c1-7-5-6-11-9(3)12(10(4)14)15-13(11)8(7)2/h5-6,10H,14H2,1-4H3. The van der Waals surface area contributed by atoms with Crippen molar-refractivity contribution in [1.82, 2.24) is 0 Å². The summed E-state index contributed by atoms with van der Waals surface area (Å²) >= 11 is 0. The number of aryl methyl sites for hydroxylation is 3. The molecule has 80 valence electrons. The van der Waals surface area contributed by atoms with E-state index in [9.17, 15) is 0 Å². The molecule has 0 spiro atoms. The molecule has 2 rings (SSSR count). The van der Waals surface area contributed by atoms with Gasteiger partial charge in [0.05, 0.1) is 6.04 Å². The van der Waals surface area contributed by atoms with E-state index in [1.165, 1.54) is 22.1 Å². The lowest BCUT2D eigenvalue weighted by atomic mass is 10.0. The Morgan fingerprint density at radius 1 is 1.13 bits per heavy atom. The molecule has 1 aromatic heterocycles. The second kappa shape index (κ2) is 3.38. The van der Waals surface area contributed by atoms with Gasteiger partial charge in [-0.15, -0.1) is 0 Å². The molecular weight excluding hydrogens is 186 g/mol. The van der Waals surface area contributed by atoms with Crippen LogP contribution >= 0.6 is 0 Å². The zero-order chi connectivity index (χ0) is 11.2. The molecule has 0 saturated heterocycles. The number of fused-ring (bicyclic) bond motifs is 1. The van der Waals surface area contributed by atoms with Crippen LogP contribution in [-0.2, 0) is 0 Å². The third-order valence-corrected chi connectivity index (χ3v) is 3.08.